The second-order valence-electron chi connectivity index (χ2n) is 6.20. The predicted octanol–water partition coefficient (Wildman–Crippen LogP) is 3.27. The van der Waals surface area contributed by atoms with Gasteiger partial charge < -0.3 is 14.9 Å². The maximum Gasteiger partial charge on any atom is 0.360 e. The number of methoxy groups -OCH3 is 1. The SMILES string of the molecule is COC(=O)c1nc(-c2ccc3ncc(C)n3c2)c(-c2ccc(F)cc2)nc1N. The van der Waals surface area contributed by atoms with Gasteiger partial charge in [-0.2, -0.15) is 0 Å². The minimum absolute atomic E-state index is 0.0604. The summed E-state index contributed by atoms with van der Waals surface area (Å²) >= 11 is 0. The molecule has 28 heavy (non-hydrogen) atoms. The van der Waals surface area contributed by atoms with Crippen LogP contribution in [0.1, 0.15) is 16.2 Å². The van der Waals surface area contributed by atoms with Crippen LogP contribution >= 0.6 is 0 Å². The molecule has 8 heteroatoms. The Morgan fingerprint density at radius 3 is 2.46 bits per heavy atom. The second kappa shape index (κ2) is 6.73. The van der Waals surface area contributed by atoms with Gasteiger partial charge in [0.25, 0.3) is 0 Å². The van der Waals surface area contributed by atoms with Crippen molar-refractivity contribution in [1.82, 2.24) is 19.4 Å². The Hall–Kier alpha value is -3.81. The van der Waals surface area contributed by atoms with Crippen molar-refractivity contribution in [2.75, 3.05) is 12.8 Å². The molecule has 4 aromatic rings. The average Bonchev–Trinajstić information content (AvgIpc) is 3.08. The fourth-order valence-corrected chi connectivity index (χ4v) is 2.95. The molecule has 0 fully saturated rings. The number of aryl methyl sites for hydroxylation is 1. The van der Waals surface area contributed by atoms with Crippen molar-refractivity contribution in [2.24, 2.45) is 0 Å². The Bertz CT molecular complexity index is 1200. The molecule has 4 rings (SSSR count). The van der Waals surface area contributed by atoms with Gasteiger partial charge in [-0.1, -0.05) is 0 Å². The van der Waals surface area contributed by atoms with E-state index in [4.69, 9.17) is 10.5 Å². The summed E-state index contributed by atoms with van der Waals surface area (Å²) in [5.41, 5.74) is 9.77. The van der Waals surface area contributed by atoms with Gasteiger partial charge in [-0.3, -0.25) is 0 Å². The zero-order valence-electron chi connectivity index (χ0n) is 15.2. The zero-order valence-corrected chi connectivity index (χ0v) is 15.2. The molecule has 0 bridgehead atoms. The topological polar surface area (TPSA) is 95.4 Å². The molecule has 140 valence electrons. The number of nitrogen functional groups attached to an aromatic ring is 1. The normalized spacial score (nSPS) is 11.0. The summed E-state index contributed by atoms with van der Waals surface area (Å²) in [6, 6.07) is 9.49. The molecule has 0 saturated heterocycles. The second-order valence-corrected chi connectivity index (χ2v) is 6.20. The first-order valence-corrected chi connectivity index (χ1v) is 8.44. The van der Waals surface area contributed by atoms with Gasteiger partial charge in [-0.15, -0.1) is 0 Å². The van der Waals surface area contributed by atoms with E-state index >= 15 is 0 Å². The van der Waals surface area contributed by atoms with E-state index in [1.165, 1.54) is 19.2 Å². The fourth-order valence-electron chi connectivity index (χ4n) is 2.95. The molecule has 1 aromatic carbocycles. The average molecular weight is 377 g/mol. The number of esters is 1. The van der Waals surface area contributed by atoms with Gasteiger partial charge in [0, 0.05) is 29.2 Å². The van der Waals surface area contributed by atoms with E-state index in [2.05, 4.69) is 15.0 Å². The lowest BCUT2D eigenvalue weighted by atomic mass is 10.0. The minimum atomic E-state index is -0.684. The molecule has 0 aliphatic heterocycles. The molecule has 0 aliphatic rings. The van der Waals surface area contributed by atoms with Crippen LogP contribution in [0, 0.1) is 12.7 Å². The third-order valence-corrected chi connectivity index (χ3v) is 4.38. The number of aromatic nitrogens is 4. The summed E-state index contributed by atoms with van der Waals surface area (Å²) in [7, 11) is 1.25. The number of carbonyl (C=O) groups excluding carboxylic acids is 1. The number of nitrogens with zero attached hydrogens (tertiary/aromatic N) is 4. The number of pyridine rings is 1. The van der Waals surface area contributed by atoms with Crippen LogP contribution in [0.15, 0.2) is 48.8 Å². The molecule has 7 nitrogen and oxygen atoms in total. The third-order valence-electron chi connectivity index (χ3n) is 4.38. The smallest absolute Gasteiger partial charge is 0.360 e. The molecular weight excluding hydrogens is 361 g/mol. The number of rotatable bonds is 3. The fraction of sp³-hybridized carbons (Fsp3) is 0.100. The number of hydrogen-bond acceptors (Lipinski definition) is 6. The van der Waals surface area contributed by atoms with Crippen molar-refractivity contribution in [2.45, 2.75) is 6.92 Å². The van der Waals surface area contributed by atoms with Crippen molar-refractivity contribution in [3.63, 3.8) is 0 Å². The Labute approximate surface area is 159 Å². The highest BCUT2D eigenvalue weighted by molar-refractivity contribution is 5.94. The number of carbonyl (C=O) groups is 1. The number of benzene rings is 1. The van der Waals surface area contributed by atoms with Gasteiger partial charge in [-0.05, 0) is 43.3 Å². The van der Waals surface area contributed by atoms with E-state index in [0.29, 0.717) is 22.5 Å². The lowest BCUT2D eigenvalue weighted by Crippen LogP contribution is -2.12. The maximum absolute atomic E-state index is 13.4. The van der Waals surface area contributed by atoms with Crippen molar-refractivity contribution in [1.29, 1.82) is 0 Å². The Kier molecular flexibility index (Phi) is 4.23. The van der Waals surface area contributed by atoms with E-state index in [0.717, 1.165) is 11.3 Å². The molecule has 0 amide bonds. The zero-order chi connectivity index (χ0) is 19.8. The highest BCUT2D eigenvalue weighted by Crippen LogP contribution is 2.31. The van der Waals surface area contributed by atoms with E-state index < -0.39 is 5.97 Å². The van der Waals surface area contributed by atoms with Crippen LogP contribution < -0.4 is 5.73 Å². The molecule has 0 unspecified atom stereocenters. The Morgan fingerprint density at radius 1 is 1.07 bits per heavy atom. The highest BCUT2D eigenvalue weighted by atomic mass is 19.1. The van der Waals surface area contributed by atoms with E-state index in [1.54, 1.807) is 18.3 Å². The van der Waals surface area contributed by atoms with Gasteiger partial charge in [0.1, 0.15) is 11.5 Å². The molecule has 0 saturated carbocycles. The quantitative estimate of drug-likeness (QED) is 0.551. The minimum Gasteiger partial charge on any atom is -0.464 e. The van der Waals surface area contributed by atoms with Crippen LogP contribution in [-0.4, -0.2) is 32.4 Å². The molecule has 0 radical (unpaired) electrons. The maximum atomic E-state index is 13.4. The predicted molar refractivity (Wildman–Crippen MR) is 102 cm³/mol. The summed E-state index contributed by atoms with van der Waals surface area (Å²) < 4.78 is 20.0. The molecule has 2 N–H and O–H groups in total. The molecule has 0 spiro atoms. The number of hydrogen-bond donors (Lipinski definition) is 1. The lowest BCUT2D eigenvalue weighted by molar-refractivity contribution is 0.0595. The highest BCUT2D eigenvalue weighted by Gasteiger charge is 2.20. The van der Waals surface area contributed by atoms with Crippen LogP contribution in [0.25, 0.3) is 28.2 Å². The van der Waals surface area contributed by atoms with Crippen molar-refractivity contribution in [3.05, 3.63) is 66.0 Å². The number of anilines is 1. The standard InChI is InChI=1S/C20H16FN5O2/c1-11-9-23-15-8-5-13(10-26(11)15)17-16(12-3-6-14(21)7-4-12)25-19(22)18(24-17)20(27)28-2/h3-10H,1-2H3,(H2,22,25). The number of ether oxygens (including phenoxy) is 1. The molecule has 3 heterocycles. The van der Waals surface area contributed by atoms with Crippen LogP contribution in [-0.2, 0) is 4.74 Å². The molecule has 3 aromatic heterocycles. The van der Waals surface area contributed by atoms with Gasteiger partial charge in [0.05, 0.1) is 18.5 Å². The van der Waals surface area contributed by atoms with Gasteiger partial charge >= 0.3 is 5.97 Å². The first-order chi connectivity index (χ1) is 13.5. The van der Waals surface area contributed by atoms with Gasteiger partial charge in [0.2, 0.25) is 0 Å². The largest absolute Gasteiger partial charge is 0.464 e. The van der Waals surface area contributed by atoms with Crippen molar-refractivity contribution in [3.8, 4) is 22.5 Å². The Balaban J connectivity index is 1.99. The first kappa shape index (κ1) is 17.6. The van der Waals surface area contributed by atoms with Crippen LogP contribution in [0.2, 0.25) is 0 Å². The van der Waals surface area contributed by atoms with E-state index in [9.17, 15) is 9.18 Å². The number of halogens is 1. The van der Waals surface area contributed by atoms with Crippen LogP contribution in [0.5, 0.6) is 0 Å². The Morgan fingerprint density at radius 2 is 1.75 bits per heavy atom. The third kappa shape index (κ3) is 2.94. The van der Waals surface area contributed by atoms with Crippen molar-refractivity contribution < 1.29 is 13.9 Å². The number of imidazole rings is 1. The number of fused-ring (bicyclic) bond motifs is 1. The summed E-state index contributed by atoms with van der Waals surface area (Å²) in [6.45, 7) is 1.93. The molecule has 0 atom stereocenters. The van der Waals surface area contributed by atoms with E-state index in [1.807, 2.05) is 29.7 Å². The van der Waals surface area contributed by atoms with Crippen LogP contribution in [0.4, 0.5) is 10.2 Å². The summed E-state index contributed by atoms with van der Waals surface area (Å²) in [5, 5.41) is 0. The first-order valence-electron chi connectivity index (χ1n) is 8.44. The summed E-state index contributed by atoms with van der Waals surface area (Å²) in [5.74, 6) is -1.11. The molecule has 0 aliphatic carbocycles. The van der Waals surface area contributed by atoms with Crippen molar-refractivity contribution >= 4 is 17.4 Å². The van der Waals surface area contributed by atoms with Gasteiger partial charge in [-0.25, -0.2) is 24.1 Å². The summed E-state index contributed by atoms with van der Waals surface area (Å²) in [4.78, 5) is 25.2. The number of nitrogens with two attached hydrogens (primary N) is 1. The van der Waals surface area contributed by atoms with Crippen LogP contribution in [0.3, 0.4) is 0 Å². The lowest BCUT2D eigenvalue weighted by Gasteiger charge is -2.12. The summed E-state index contributed by atoms with van der Waals surface area (Å²) in [6.07, 6.45) is 3.61. The monoisotopic (exact) mass is 377 g/mol. The van der Waals surface area contributed by atoms with E-state index in [-0.39, 0.29) is 17.3 Å². The molecular formula is C20H16FN5O2. The van der Waals surface area contributed by atoms with Gasteiger partial charge in [0.15, 0.2) is 11.5 Å².